The molecule has 0 radical (unpaired) electrons. The van der Waals surface area contributed by atoms with E-state index in [9.17, 15) is 0 Å². The third-order valence-electron chi connectivity index (χ3n) is 2.11. The number of allylic oxidation sites excluding steroid dienone is 2. The Bertz CT molecular complexity index is 175. The summed E-state index contributed by atoms with van der Waals surface area (Å²) in [6.07, 6.45) is 4.84. The van der Waals surface area contributed by atoms with Gasteiger partial charge in [0.2, 0.25) is 0 Å². The standard InChI is InChI=1S/C7H12N2S.2ClH/c8-7-9-6-3-1-2-5(6)4-10-7;;/h3,5,7,9H,1-2,4,8H2;2*1H. The second kappa shape index (κ2) is 5.22. The summed E-state index contributed by atoms with van der Waals surface area (Å²) in [5, 5.41) is 3.28. The topological polar surface area (TPSA) is 38.0 Å². The van der Waals surface area contributed by atoms with Crippen molar-refractivity contribution in [1.82, 2.24) is 5.32 Å². The molecule has 1 aliphatic heterocycles. The highest BCUT2D eigenvalue weighted by Gasteiger charge is 2.25. The lowest BCUT2D eigenvalue weighted by Gasteiger charge is -2.27. The number of hydrogen-bond acceptors (Lipinski definition) is 3. The van der Waals surface area contributed by atoms with Gasteiger partial charge >= 0.3 is 0 Å². The van der Waals surface area contributed by atoms with Gasteiger partial charge in [0.05, 0.1) is 0 Å². The largest absolute Gasteiger partial charge is 0.365 e. The van der Waals surface area contributed by atoms with Crippen LogP contribution in [-0.4, -0.2) is 11.3 Å². The van der Waals surface area contributed by atoms with Crippen LogP contribution < -0.4 is 11.1 Å². The predicted molar refractivity (Wildman–Crippen MR) is 58.9 cm³/mol. The summed E-state index contributed by atoms with van der Waals surface area (Å²) >= 11 is 1.82. The molecule has 0 aromatic heterocycles. The summed E-state index contributed by atoms with van der Waals surface area (Å²) in [6.45, 7) is 0. The Hall–Kier alpha value is 0.430. The number of thioether (sulfide) groups is 1. The first-order chi connectivity index (χ1) is 4.86. The Morgan fingerprint density at radius 2 is 2.25 bits per heavy atom. The Labute approximate surface area is 89.5 Å². The quantitative estimate of drug-likeness (QED) is 0.664. The summed E-state index contributed by atoms with van der Waals surface area (Å²) < 4.78 is 0. The summed E-state index contributed by atoms with van der Waals surface area (Å²) in [6, 6.07) is 0. The van der Waals surface area contributed by atoms with Crippen LogP contribution >= 0.6 is 36.6 Å². The van der Waals surface area contributed by atoms with Crippen molar-refractivity contribution in [3.8, 4) is 0 Å². The van der Waals surface area contributed by atoms with E-state index in [4.69, 9.17) is 5.73 Å². The Kier molecular flexibility index (Phi) is 5.41. The van der Waals surface area contributed by atoms with E-state index in [0.717, 1.165) is 5.92 Å². The fourth-order valence-electron chi connectivity index (χ4n) is 1.54. The van der Waals surface area contributed by atoms with Crippen LogP contribution in [0.1, 0.15) is 12.8 Å². The number of fused-ring (bicyclic) bond motifs is 1. The third kappa shape index (κ3) is 2.46. The lowest BCUT2D eigenvalue weighted by atomic mass is 10.1. The van der Waals surface area contributed by atoms with Crippen molar-refractivity contribution in [3.05, 3.63) is 11.8 Å². The summed E-state index contributed by atoms with van der Waals surface area (Å²) in [7, 11) is 0. The van der Waals surface area contributed by atoms with Crippen LogP contribution in [0.3, 0.4) is 0 Å². The minimum atomic E-state index is 0. The molecule has 5 heteroatoms. The van der Waals surface area contributed by atoms with E-state index in [-0.39, 0.29) is 30.3 Å². The zero-order valence-electron chi connectivity index (χ0n) is 6.66. The van der Waals surface area contributed by atoms with Crippen molar-refractivity contribution < 1.29 is 0 Å². The van der Waals surface area contributed by atoms with Crippen LogP contribution in [0.4, 0.5) is 0 Å². The van der Waals surface area contributed by atoms with Gasteiger partial charge in [-0.1, -0.05) is 6.08 Å². The van der Waals surface area contributed by atoms with E-state index < -0.39 is 0 Å². The van der Waals surface area contributed by atoms with E-state index in [1.807, 2.05) is 11.8 Å². The van der Waals surface area contributed by atoms with Crippen LogP contribution in [-0.2, 0) is 0 Å². The van der Waals surface area contributed by atoms with Gasteiger partial charge in [0.15, 0.2) is 0 Å². The van der Waals surface area contributed by atoms with Gasteiger partial charge in [0.1, 0.15) is 5.50 Å². The van der Waals surface area contributed by atoms with Crippen LogP contribution in [0, 0.1) is 5.92 Å². The first-order valence-electron chi connectivity index (χ1n) is 3.70. The number of nitrogens with one attached hydrogen (secondary N) is 1. The first-order valence-corrected chi connectivity index (χ1v) is 4.75. The Morgan fingerprint density at radius 3 is 3.00 bits per heavy atom. The van der Waals surface area contributed by atoms with Crippen molar-refractivity contribution in [2.24, 2.45) is 11.7 Å². The van der Waals surface area contributed by atoms with Gasteiger partial charge in [-0.3, -0.25) is 0 Å². The molecule has 1 aliphatic carbocycles. The van der Waals surface area contributed by atoms with Crippen molar-refractivity contribution >= 4 is 36.6 Å². The van der Waals surface area contributed by atoms with Crippen molar-refractivity contribution in [3.63, 3.8) is 0 Å². The predicted octanol–water partition coefficient (Wildman–Crippen LogP) is 1.70. The highest BCUT2D eigenvalue weighted by molar-refractivity contribution is 7.99. The maximum absolute atomic E-state index is 5.70. The van der Waals surface area contributed by atoms with Gasteiger partial charge in [0, 0.05) is 17.4 Å². The van der Waals surface area contributed by atoms with Crippen LogP contribution in [0.15, 0.2) is 11.8 Å². The monoisotopic (exact) mass is 228 g/mol. The van der Waals surface area contributed by atoms with Crippen molar-refractivity contribution in [2.45, 2.75) is 18.3 Å². The molecule has 3 N–H and O–H groups in total. The molecule has 2 rings (SSSR count). The lowest BCUT2D eigenvalue weighted by molar-refractivity contribution is 0.587. The molecular formula is C7H14Cl2N2S. The number of halogens is 2. The minimum Gasteiger partial charge on any atom is -0.365 e. The van der Waals surface area contributed by atoms with Gasteiger partial charge in [-0.15, -0.1) is 36.6 Å². The van der Waals surface area contributed by atoms with Gasteiger partial charge in [-0.25, -0.2) is 0 Å². The number of rotatable bonds is 0. The molecule has 0 aromatic rings. The van der Waals surface area contributed by atoms with E-state index >= 15 is 0 Å². The second-order valence-electron chi connectivity index (χ2n) is 2.83. The number of nitrogens with two attached hydrogens (primary N) is 1. The Morgan fingerprint density at radius 1 is 1.50 bits per heavy atom. The molecule has 0 amide bonds. The molecule has 2 aliphatic rings. The highest BCUT2D eigenvalue weighted by atomic mass is 35.5. The molecule has 0 bridgehead atoms. The van der Waals surface area contributed by atoms with Crippen molar-refractivity contribution in [2.75, 3.05) is 5.75 Å². The molecule has 2 nitrogen and oxygen atoms in total. The maximum Gasteiger partial charge on any atom is 0.123 e. The molecule has 1 saturated heterocycles. The molecule has 0 saturated carbocycles. The second-order valence-corrected chi connectivity index (χ2v) is 4.01. The maximum atomic E-state index is 5.70. The molecule has 12 heavy (non-hydrogen) atoms. The number of hydrogen-bond donors (Lipinski definition) is 2. The summed E-state index contributed by atoms with van der Waals surface area (Å²) in [5.41, 5.74) is 7.24. The lowest BCUT2D eigenvalue weighted by Crippen LogP contribution is -2.40. The third-order valence-corrected chi connectivity index (χ3v) is 3.18. The van der Waals surface area contributed by atoms with Crippen LogP contribution in [0.25, 0.3) is 0 Å². The van der Waals surface area contributed by atoms with Crippen molar-refractivity contribution in [1.29, 1.82) is 0 Å². The SMILES string of the molecule is Cl.Cl.NC1NC2=CCCC2CS1. The molecule has 2 unspecified atom stereocenters. The average molecular weight is 229 g/mol. The minimum absolute atomic E-state index is 0. The zero-order valence-corrected chi connectivity index (χ0v) is 9.10. The van der Waals surface area contributed by atoms with E-state index in [0.29, 0.717) is 0 Å². The average Bonchev–Trinajstić information content (AvgIpc) is 2.33. The van der Waals surface area contributed by atoms with E-state index in [1.165, 1.54) is 24.3 Å². The highest BCUT2D eigenvalue weighted by Crippen LogP contribution is 2.31. The van der Waals surface area contributed by atoms with E-state index in [1.54, 1.807) is 0 Å². The smallest absolute Gasteiger partial charge is 0.123 e. The van der Waals surface area contributed by atoms with Gasteiger partial charge in [-0.2, -0.15) is 0 Å². The normalized spacial score (nSPS) is 31.9. The van der Waals surface area contributed by atoms with Gasteiger partial charge < -0.3 is 11.1 Å². The molecule has 72 valence electrons. The van der Waals surface area contributed by atoms with Crippen LogP contribution in [0.5, 0.6) is 0 Å². The molecule has 0 spiro atoms. The zero-order chi connectivity index (χ0) is 6.97. The molecule has 2 atom stereocenters. The molecular weight excluding hydrogens is 215 g/mol. The fourth-order valence-corrected chi connectivity index (χ4v) is 2.54. The summed E-state index contributed by atoms with van der Waals surface area (Å²) in [5.74, 6) is 1.99. The van der Waals surface area contributed by atoms with E-state index in [2.05, 4.69) is 11.4 Å². The molecule has 1 fully saturated rings. The fraction of sp³-hybridized carbons (Fsp3) is 0.714. The first kappa shape index (κ1) is 12.4. The Balaban J connectivity index is 0.000000605. The summed E-state index contributed by atoms with van der Waals surface area (Å²) in [4.78, 5) is 0. The van der Waals surface area contributed by atoms with Gasteiger partial charge in [0.25, 0.3) is 0 Å². The van der Waals surface area contributed by atoms with Gasteiger partial charge in [-0.05, 0) is 12.8 Å². The molecule has 0 aromatic carbocycles. The molecule has 1 heterocycles. The van der Waals surface area contributed by atoms with Crippen LogP contribution in [0.2, 0.25) is 0 Å².